The summed E-state index contributed by atoms with van der Waals surface area (Å²) in [7, 11) is 3.29. The van der Waals surface area contributed by atoms with Crippen molar-refractivity contribution in [3.8, 4) is 0 Å². The average Bonchev–Trinajstić information content (AvgIpc) is 3.22. The van der Waals surface area contributed by atoms with Gasteiger partial charge in [-0.2, -0.15) is 0 Å². The summed E-state index contributed by atoms with van der Waals surface area (Å²) in [5.41, 5.74) is 0.500. The van der Waals surface area contributed by atoms with Crippen molar-refractivity contribution in [2.75, 3.05) is 25.2 Å². The Balaban J connectivity index is 2.97. The number of aliphatic carboxylic acids is 6. The molecule has 1 rings (SSSR count). The Morgan fingerprint density at radius 2 is 1.05 bits per heavy atom. The number of amides is 4. The molecule has 0 heterocycles. The molecule has 6 atom stereocenters. The minimum absolute atomic E-state index is 0.0443. The van der Waals surface area contributed by atoms with Gasteiger partial charge in [-0.05, 0) is 37.0 Å². The minimum Gasteiger partial charge on any atom is -0.481 e. The number of rotatable bonds is 31. The van der Waals surface area contributed by atoms with Gasteiger partial charge in [0.15, 0.2) is 5.11 Å². The van der Waals surface area contributed by atoms with Crippen LogP contribution in [0.2, 0.25) is 0 Å². The number of hydrogen-bond acceptors (Lipinski definition) is 16. The Morgan fingerprint density at radius 1 is 0.578 bits per heavy atom. The minimum atomic E-state index is -1.84. The van der Waals surface area contributed by atoms with Crippen molar-refractivity contribution in [3.63, 3.8) is 0 Å². The van der Waals surface area contributed by atoms with Gasteiger partial charge in [0.25, 0.3) is 0 Å². The lowest BCUT2D eigenvalue weighted by molar-refractivity contribution is -0.143. The van der Waals surface area contributed by atoms with Gasteiger partial charge in [0, 0.05) is 37.2 Å². The van der Waals surface area contributed by atoms with Crippen molar-refractivity contribution in [2.24, 2.45) is 0 Å². The van der Waals surface area contributed by atoms with E-state index in [1.165, 1.54) is 0 Å². The van der Waals surface area contributed by atoms with Gasteiger partial charge >= 0.3 is 42.0 Å². The van der Waals surface area contributed by atoms with E-state index in [2.05, 4.69) is 36.6 Å². The van der Waals surface area contributed by atoms with Gasteiger partial charge in [-0.25, -0.2) is 24.0 Å². The summed E-state index contributed by atoms with van der Waals surface area (Å²) >= 11 is 4.93. The molecule has 25 nitrogen and oxygen atoms in total. The van der Waals surface area contributed by atoms with Gasteiger partial charge in [-0.1, -0.05) is 51.9 Å². The maximum atomic E-state index is 13.5. The summed E-state index contributed by atoms with van der Waals surface area (Å²) < 4.78 is 9.08. The van der Waals surface area contributed by atoms with Crippen LogP contribution in [-0.4, -0.2) is 163 Å². The van der Waals surface area contributed by atoms with E-state index in [4.69, 9.17) is 22.1 Å². The maximum absolute atomic E-state index is 13.5. The van der Waals surface area contributed by atoms with E-state index in [9.17, 15) is 78.3 Å². The van der Waals surface area contributed by atoms with E-state index in [1.807, 2.05) is 0 Å². The predicted octanol–water partition coefficient (Wildman–Crippen LogP) is -1.23. The number of methoxy groups -OCH3 is 1. The van der Waals surface area contributed by atoms with Gasteiger partial charge < -0.3 is 72.0 Å². The summed E-state index contributed by atoms with van der Waals surface area (Å²) in [6.45, 7) is -0.0443. The summed E-state index contributed by atoms with van der Waals surface area (Å²) in [6, 6.07) is -1.56. The second-order valence-corrected chi connectivity index (χ2v) is 16.2. The Hall–Kier alpha value is -6.42. The predicted molar refractivity (Wildman–Crippen MR) is 226 cm³/mol. The number of carbonyl (C=O) groups excluding carboxylic acids is 5. The smallest absolute Gasteiger partial charge is 0.481 e. The van der Waals surface area contributed by atoms with Crippen LogP contribution in [0.4, 0.5) is 4.79 Å². The lowest BCUT2D eigenvalue weighted by atomic mass is 10.0. The number of carboxylic acids is 6. The second kappa shape index (κ2) is 29.8. The van der Waals surface area contributed by atoms with Gasteiger partial charge in [-0.3, -0.25) is 28.8 Å². The Labute approximate surface area is 376 Å². The highest BCUT2D eigenvalue weighted by molar-refractivity contribution is 8.76. The molecule has 28 heteroatoms. The van der Waals surface area contributed by atoms with Crippen LogP contribution in [0.3, 0.4) is 0 Å². The first-order valence-corrected chi connectivity index (χ1v) is 21.6. The van der Waals surface area contributed by atoms with Crippen LogP contribution in [0.1, 0.15) is 50.5 Å². The molecule has 0 saturated carbocycles. The molecule has 354 valence electrons. The fraction of sp³-hybridized carbons (Fsp3) is 0.500. The molecule has 0 bridgehead atoms. The third-order valence-corrected chi connectivity index (χ3v) is 10.9. The Morgan fingerprint density at radius 3 is 1.53 bits per heavy atom. The Bertz CT molecular complexity index is 1840. The van der Waals surface area contributed by atoms with Crippen molar-refractivity contribution >= 4 is 105 Å². The quantitative estimate of drug-likeness (QED) is 0.0179. The van der Waals surface area contributed by atoms with Crippen LogP contribution in [0.5, 0.6) is 0 Å². The number of carboxylic acid groups (broad SMARTS) is 6. The lowest BCUT2D eigenvalue weighted by Crippen LogP contribution is -2.57. The molecular weight excluding hydrogens is 917 g/mol. The Kier molecular flexibility index (Phi) is 25.9. The first-order valence-electron chi connectivity index (χ1n) is 18.7. The van der Waals surface area contributed by atoms with E-state index in [0.717, 1.165) is 28.7 Å². The topological polar surface area (TPSA) is 400 Å². The summed E-state index contributed by atoms with van der Waals surface area (Å²) in [5, 5.41) is 69.6. The average molecular weight is 965 g/mol. The first-order chi connectivity index (χ1) is 30.1. The largest absolute Gasteiger partial charge is 0.508 e. The van der Waals surface area contributed by atoms with Crippen LogP contribution < -0.4 is 31.9 Å². The zero-order valence-electron chi connectivity index (χ0n) is 33.8. The molecule has 0 aromatic heterocycles. The van der Waals surface area contributed by atoms with Crippen LogP contribution in [0, 0.1) is 0 Å². The molecule has 0 aliphatic carbocycles. The van der Waals surface area contributed by atoms with Crippen molar-refractivity contribution in [3.05, 3.63) is 35.9 Å². The fourth-order valence-corrected chi connectivity index (χ4v) is 7.30. The lowest BCUT2D eigenvalue weighted by Gasteiger charge is -2.24. The third-order valence-electron chi connectivity index (χ3n) is 8.24. The summed E-state index contributed by atoms with van der Waals surface area (Å²) in [6.07, 6.45) is -5.53. The molecule has 0 spiro atoms. The zero-order valence-corrected chi connectivity index (χ0v) is 36.3. The number of ether oxygens (including phenoxy) is 2. The standard InChI is InChI=1S/C36H48N6O19S3/c1-60-36(59)61-13-14-63-64-17-24(34(57)58)40-29(49)22(15-18-5-3-2-4-6-18)39-30(50)23(16-28(47)48)38-26(44)10-7-19(31(51)52)37-25(43)11-8-20(32(53)54)41-35(62)42-21(33(55)56)9-12-27(45)46/h2-6,19-24H,7-17H2,1H3,(H,37,43)(H,38,44)(H,39,50)(H,40,49)(H,45,46)(H,47,48)(H,51,52)(H,53,54)(H,55,56)(H,57,58)(H2,41,42,62)/t19-,20-,21-,22-,23-,24-/m0/s1. The monoisotopic (exact) mass is 964 g/mol. The van der Waals surface area contributed by atoms with Gasteiger partial charge in [0.1, 0.15) is 42.9 Å². The fourth-order valence-electron chi connectivity index (χ4n) is 5.04. The molecule has 64 heavy (non-hydrogen) atoms. The highest BCUT2D eigenvalue weighted by atomic mass is 33.1. The number of benzene rings is 1. The molecule has 0 saturated heterocycles. The molecule has 0 aliphatic heterocycles. The number of hydrogen-bond donors (Lipinski definition) is 12. The number of thiocarbonyl (C=S) groups is 1. The molecule has 0 radical (unpaired) electrons. The van der Waals surface area contributed by atoms with Gasteiger partial charge in [0.05, 0.1) is 13.5 Å². The molecule has 1 aromatic rings. The number of carbonyl (C=O) groups is 11. The van der Waals surface area contributed by atoms with Crippen LogP contribution >= 0.6 is 33.8 Å². The highest BCUT2D eigenvalue weighted by Crippen LogP contribution is 2.22. The van der Waals surface area contributed by atoms with Crippen LogP contribution in [0.15, 0.2) is 30.3 Å². The number of nitrogens with one attached hydrogen (secondary N) is 6. The molecule has 1 aromatic carbocycles. The molecule has 4 amide bonds. The normalized spacial score (nSPS) is 13.4. The van der Waals surface area contributed by atoms with E-state index in [1.54, 1.807) is 30.3 Å². The van der Waals surface area contributed by atoms with Crippen molar-refractivity contribution < 1.29 is 92.9 Å². The van der Waals surface area contributed by atoms with Crippen LogP contribution in [-0.2, 0) is 63.8 Å². The third kappa shape index (κ3) is 23.7. The van der Waals surface area contributed by atoms with Crippen LogP contribution in [0.25, 0.3) is 0 Å². The van der Waals surface area contributed by atoms with Gasteiger partial charge in [0.2, 0.25) is 23.6 Å². The summed E-state index contributed by atoms with van der Waals surface area (Å²) in [5.74, 6) is -13.1. The van der Waals surface area contributed by atoms with E-state index in [0.29, 0.717) is 5.56 Å². The first kappa shape index (κ1) is 55.6. The SMILES string of the molecule is COC(=O)OCCSSC[C@H](NC(=O)[C@H](Cc1ccccc1)NC(=O)[C@H](CC(=O)O)NC(=O)CC[C@H](NC(=O)CC[C@H](NC(=S)N[C@@H](CCC(=O)O)C(=O)O)C(=O)O)C(=O)O)C(=O)O. The molecule has 0 fully saturated rings. The van der Waals surface area contributed by atoms with Gasteiger partial charge in [-0.15, -0.1) is 0 Å². The second-order valence-electron chi connectivity index (χ2n) is 13.1. The van der Waals surface area contributed by atoms with Crippen molar-refractivity contribution in [2.45, 2.75) is 87.6 Å². The molecule has 0 aliphatic rings. The van der Waals surface area contributed by atoms with E-state index < -0.39 is 152 Å². The van der Waals surface area contributed by atoms with E-state index >= 15 is 0 Å². The van der Waals surface area contributed by atoms with E-state index in [-0.39, 0.29) is 24.5 Å². The molecule has 12 N–H and O–H groups in total. The molecular formula is C36H48N6O19S3. The highest BCUT2D eigenvalue weighted by Gasteiger charge is 2.32. The zero-order chi connectivity index (χ0) is 48.4. The van der Waals surface area contributed by atoms with Crippen molar-refractivity contribution in [1.29, 1.82) is 0 Å². The maximum Gasteiger partial charge on any atom is 0.508 e. The molecule has 0 unspecified atom stereocenters. The summed E-state index contributed by atoms with van der Waals surface area (Å²) in [4.78, 5) is 133. The van der Waals surface area contributed by atoms with Crippen molar-refractivity contribution in [1.82, 2.24) is 31.9 Å².